The van der Waals surface area contributed by atoms with Crippen LogP contribution in [0.5, 0.6) is 5.75 Å². The highest BCUT2D eigenvalue weighted by Gasteiger charge is 2.30. The van der Waals surface area contributed by atoms with Crippen molar-refractivity contribution in [3.8, 4) is 16.9 Å². The van der Waals surface area contributed by atoms with E-state index in [-0.39, 0.29) is 5.54 Å². The Labute approximate surface area is 185 Å². The van der Waals surface area contributed by atoms with Crippen LogP contribution in [0.25, 0.3) is 11.1 Å². The van der Waals surface area contributed by atoms with Gasteiger partial charge in [0, 0.05) is 37.1 Å². The maximum atomic E-state index is 11.6. The van der Waals surface area contributed by atoms with E-state index < -0.39 is 6.09 Å². The Morgan fingerprint density at radius 3 is 2.39 bits per heavy atom. The summed E-state index contributed by atoms with van der Waals surface area (Å²) >= 11 is 0. The van der Waals surface area contributed by atoms with Crippen molar-refractivity contribution in [1.29, 1.82) is 0 Å². The lowest BCUT2D eigenvalue weighted by molar-refractivity contribution is 0.0812. The van der Waals surface area contributed by atoms with Crippen molar-refractivity contribution < 1.29 is 14.6 Å². The van der Waals surface area contributed by atoms with Crippen LogP contribution in [0.2, 0.25) is 0 Å². The molecule has 0 bridgehead atoms. The first-order valence-corrected chi connectivity index (χ1v) is 11.1. The molecule has 1 amide bonds. The quantitative estimate of drug-likeness (QED) is 0.639. The molecule has 1 aliphatic carbocycles. The lowest BCUT2D eigenvalue weighted by atomic mass is 9.85. The summed E-state index contributed by atoms with van der Waals surface area (Å²) in [6, 6.07) is 10.8. The number of ether oxygens (including phenoxy) is 1. The highest BCUT2D eigenvalue weighted by atomic mass is 16.5. The number of hydrogen-bond acceptors (Lipinski definition) is 4. The predicted octanol–water partition coefficient (Wildman–Crippen LogP) is 5.18. The monoisotopic (exact) mass is 425 g/mol. The lowest BCUT2D eigenvalue weighted by Gasteiger charge is -2.38. The van der Waals surface area contributed by atoms with E-state index >= 15 is 0 Å². The van der Waals surface area contributed by atoms with Crippen LogP contribution in [0.3, 0.4) is 0 Å². The molecule has 1 aromatic heterocycles. The van der Waals surface area contributed by atoms with Gasteiger partial charge in [-0.15, -0.1) is 0 Å². The molecule has 31 heavy (non-hydrogen) atoms. The second-order valence-electron chi connectivity index (χ2n) is 9.47. The molecule has 0 spiro atoms. The van der Waals surface area contributed by atoms with E-state index in [2.05, 4.69) is 22.4 Å². The van der Waals surface area contributed by atoms with Gasteiger partial charge in [-0.2, -0.15) is 0 Å². The zero-order chi connectivity index (χ0) is 22.4. The molecule has 1 heterocycles. The third kappa shape index (κ3) is 6.44. The van der Waals surface area contributed by atoms with Crippen molar-refractivity contribution in [3.63, 3.8) is 0 Å². The molecule has 1 fully saturated rings. The standard InChI is InChI=1S/C25H35N3O3/c1-25(2,3)28(24(29)30)17-18-5-7-22(8-6-18)27-16-19-13-21(15-23(14-19)31-4)20-9-11-26-12-10-20/h9-15,18,22,27H,5-8,16-17H2,1-4H3,(H,29,30). The molecule has 2 aromatic rings. The van der Waals surface area contributed by atoms with Crippen molar-refractivity contribution in [2.45, 2.75) is 64.6 Å². The van der Waals surface area contributed by atoms with E-state index in [1.807, 2.05) is 39.0 Å². The number of amides is 1. The van der Waals surface area contributed by atoms with Crippen LogP contribution < -0.4 is 10.1 Å². The van der Waals surface area contributed by atoms with Crippen LogP contribution >= 0.6 is 0 Å². The first kappa shape index (κ1) is 23.1. The van der Waals surface area contributed by atoms with Gasteiger partial charge in [0.25, 0.3) is 0 Å². The molecule has 1 saturated carbocycles. The number of rotatable bonds is 7. The number of aromatic nitrogens is 1. The fraction of sp³-hybridized carbons (Fsp3) is 0.520. The van der Waals surface area contributed by atoms with Gasteiger partial charge in [-0.3, -0.25) is 4.98 Å². The molecule has 0 saturated heterocycles. The summed E-state index contributed by atoms with van der Waals surface area (Å²) in [6.45, 7) is 7.29. The largest absolute Gasteiger partial charge is 0.497 e. The normalized spacial score (nSPS) is 19.1. The van der Waals surface area contributed by atoms with Gasteiger partial charge in [0.1, 0.15) is 5.75 Å². The van der Waals surface area contributed by atoms with E-state index in [4.69, 9.17) is 4.74 Å². The summed E-state index contributed by atoms with van der Waals surface area (Å²) in [4.78, 5) is 17.3. The average molecular weight is 426 g/mol. The summed E-state index contributed by atoms with van der Waals surface area (Å²) < 4.78 is 5.51. The molecule has 1 aromatic carbocycles. The highest BCUT2D eigenvalue weighted by molar-refractivity contribution is 5.66. The van der Waals surface area contributed by atoms with Gasteiger partial charge in [0.15, 0.2) is 0 Å². The van der Waals surface area contributed by atoms with Crippen LogP contribution in [0.4, 0.5) is 4.79 Å². The molecule has 168 valence electrons. The van der Waals surface area contributed by atoms with E-state index in [0.29, 0.717) is 18.5 Å². The zero-order valence-electron chi connectivity index (χ0n) is 19.1. The topological polar surface area (TPSA) is 74.7 Å². The Kier molecular flexibility index (Phi) is 7.55. The minimum absolute atomic E-state index is 0.361. The van der Waals surface area contributed by atoms with E-state index in [0.717, 1.165) is 49.1 Å². The minimum Gasteiger partial charge on any atom is -0.497 e. The van der Waals surface area contributed by atoms with Gasteiger partial charge in [-0.05, 0) is 99.4 Å². The molecule has 0 aliphatic heterocycles. The molecule has 2 N–H and O–H groups in total. The Balaban J connectivity index is 1.55. The predicted molar refractivity (Wildman–Crippen MR) is 123 cm³/mol. The molecule has 6 nitrogen and oxygen atoms in total. The summed E-state index contributed by atoms with van der Waals surface area (Å²) in [6.07, 6.45) is 7.03. The highest BCUT2D eigenvalue weighted by Crippen LogP contribution is 2.29. The van der Waals surface area contributed by atoms with Crippen molar-refractivity contribution in [1.82, 2.24) is 15.2 Å². The van der Waals surface area contributed by atoms with Crippen LogP contribution in [0, 0.1) is 5.92 Å². The molecular weight excluding hydrogens is 390 g/mol. The smallest absolute Gasteiger partial charge is 0.407 e. The molecular formula is C25H35N3O3. The van der Waals surface area contributed by atoms with Gasteiger partial charge in [-0.25, -0.2) is 4.79 Å². The van der Waals surface area contributed by atoms with E-state index in [1.165, 1.54) is 5.56 Å². The Bertz CT molecular complexity index is 856. The second kappa shape index (κ2) is 10.1. The maximum Gasteiger partial charge on any atom is 0.407 e. The maximum absolute atomic E-state index is 11.6. The number of nitrogens with zero attached hydrogens (tertiary/aromatic N) is 2. The number of carboxylic acid groups (broad SMARTS) is 1. The van der Waals surface area contributed by atoms with Crippen LogP contribution in [-0.4, -0.2) is 46.3 Å². The number of hydrogen-bond donors (Lipinski definition) is 2. The molecule has 0 atom stereocenters. The number of pyridine rings is 1. The third-order valence-corrected chi connectivity index (χ3v) is 6.14. The van der Waals surface area contributed by atoms with E-state index in [1.54, 1.807) is 24.4 Å². The first-order valence-electron chi connectivity index (χ1n) is 11.1. The second-order valence-corrected chi connectivity index (χ2v) is 9.47. The van der Waals surface area contributed by atoms with Crippen molar-refractivity contribution in [3.05, 3.63) is 48.3 Å². The third-order valence-electron chi connectivity index (χ3n) is 6.14. The van der Waals surface area contributed by atoms with Gasteiger partial charge >= 0.3 is 6.09 Å². The van der Waals surface area contributed by atoms with Gasteiger partial charge in [0.05, 0.1) is 7.11 Å². The molecule has 0 radical (unpaired) electrons. The van der Waals surface area contributed by atoms with Gasteiger partial charge in [-0.1, -0.05) is 0 Å². The Morgan fingerprint density at radius 1 is 1.13 bits per heavy atom. The van der Waals surface area contributed by atoms with Crippen LogP contribution in [0.15, 0.2) is 42.7 Å². The number of methoxy groups -OCH3 is 1. The molecule has 1 aliphatic rings. The molecule has 6 heteroatoms. The fourth-order valence-corrected chi connectivity index (χ4v) is 4.30. The number of benzene rings is 1. The lowest BCUT2D eigenvalue weighted by Crippen LogP contribution is -2.48. The van der Waals surface area contributed by atoms with Gasteiger partial charge < -0.3 is 20.1 Å². The zero-order valence-corrected chi connectivity index (χ0v) is 19.1. The summed E-state index contributed by atoms with van der Waals surface area (Å²) in [5.74, 6) is 1.29. The summed E-state index contributed by atoms with van der Waals surface area (Å²) in [5.41, 5.74) is 3.08. The first-order chi connectivity index (χ1) is 14.8. The van der Waals surface area contributed by atoms with Crippen molar-refractivity contribution in [2.75, 3.05) is 13.7 Å². The number of carbonyl (C=O) groups is 1. The van der Waals surface area contributed by atoms with Gasteiger partial charge in [0.2, 0.25) is 0 Å². The van der Waals surface area contributed by atoms with Crippen LogP contribution in [-0.2, 0) is 6.54 Å². The molecule has 0 unspecified atom stereocenters. The Hall–Kier alpha value is -2.60. The van der Waals surface area contributed by atoms with Crippen molar-refractivity contribution in [2.24, 2.45) is 5.92 Å². The average Bonchev–Trinajstić information content (AvgIpc) is 2.76. The molecule has 3 rings (SSSR count). The SMILES string of the molecule is COc1cc(CNC2CCC(CN(C(=O)O)C(C)(C)C)CC2)cc(-c2ccncc2)c1. The minimum atomic E-state index is -0.823. The Morgan fingerprint density at radius 2 is 1.81 bits per heavy atom. The number of nitrogens with one attached hydrogen (secondary N) is 1. The summed E-state index contributed by atoms with van der Waals surface area (Å²) in [7, 11) is 1.70. The summed E-state index contributed by atoms with van der Waals surface area (Å²) in [5, 5.41) is 13.2. The van der Waals surface area contributed by atoms with Crippen molar-refractivity contribution >= 4 is 6.09 Å². The van der Waals surface area contributed by atoms with E-state index in [9.17, 15) is 9.90 Å². The fourth-order valence-electron chi connectivity index (χ4n) is 4.30. The van der Waals surface area contributed by atoms with Crippen LogP contribution in [0.1, 0.15) is 52.0 Å².